The lowest BCUT2D eigenvalue weighted by Gasteiger charge is -2.15. The number of amides is 1. The molecule has 1 unspecified atom stereocenters. The van der Waals surface area contributed by atoms with Crippen LogP contribution >= 0.6 is 31.9 Å². The van der Waals surface area contributed by atoms with E-state index in [2.05, 4.69) is 42.3 Å². The van der Waals surface area contributed by atoms with Crippen molar-refractivity contribution in [2.24, 2.45) is 5.10 Å². The Morgan fingerprint density at radius 2 is 1.82 bits per heavy atom. The monoisotopic (exact) mass is 672 g/mol. The van der Waals surface area contributed by atoms with Gasteiger partial charge in [0, 0.05) is 26.1 Å². The smallest absolute Gasteiger partial charge is 0.282 e. The van der Waals surface area contributed by atoms with Gasteiger partial charge in [0.2, 0.25) is 0 Å². The topological polar surface area (TPSA) is 94.8 Å². The summed E-state index contributed by atoms with van der Waals surface area (Å²) in [6.45, 7) is 5.93. The summed E-state index contributed by atoms with van der Waals surface area (Å²) < 4.78 is 27.3. The Hall–Kier alpha value is -3.57. The number of aromatic nitrogens is 2. The van der Waals surface area contributed by atoms with Gasteiger partial charge in [-0.1, -0.05) is 29.8 Å². The van der Waals surface area contributed by atoms with Crippen molar-refractivity contribution in [3.63, 3.8) is 0 Å². The number of benzene rings is 3. The van der Waals surface area contributed by atoms with Crippen LogP contribution in [0, 0.1) is 5.82 Å². The summed E-state index contributed by atoms with van der Waals surface area (Å²) in [5.41, 5.74) is 1.42. The number of nitrogens with one attached hydrogen (secondary N) is 1. The van der Waals surface area contributed by atoms with Crippen LogP contribution in [0.4, 0.5) is 10.1 Å². The number of hydrogen-bond acceptors (Lipinski definition) is 6. The summed E-state index contributed by atoms with van der Waals surface area (Å²) in [7, 11) is 0. The number of ether oxygens (including phenoxy) is 2. The van der Waals surface area contributed by atoms with Crippen molar-refractivity contribution >= 4 is 60.6 Å². The predicted octanol–water partition coefficient (Wildman–Crippen LogP) is 6.87. The van der Waals surface area contributed by atoms with Crippen molar-refractivity contribution in [1.29, 1.82) is 0 Å². The lowest BCUT2D eigenvalue weighted by molar-refractivity contribution is -0.118. The Kier molecular flexibility index (Phi) is 9.70. The molecule has 0 spiro atoms. The van der Waals surface area contributed by atoms with Crippen LogP contribution in [0.5, 0.6) is 11.5 Å². The van der Waals surface area contributed by atoms with Crippen molar-refractivity contribution in [3.05, 3.63) is 91.1 Å². The Balaban J connectivity index is 1.62. The van der Waals surface area contributed by atoms with E-state index < -0.39 is 11.7 Å². The Labute approximate surface area is 247 Å². The van der Waals surface area contributed by atoms with E-state index >= 15 is 0 Å². The number of rotatable bonds is 10. The summed E-state index contributed by atoms with van der Waals surface area (Å²) in [5, 5.41) is 7.63. The van der Waals surface area contributed by atoms with E-state index in [1.54, 1.807) is 24.4 Å². The first-order chi connectivity index (χ1) is 19.2. The molecule has 0 aliphatic heterocycles. The quantitative estimate of drug-likeness (QED) is 0.185. The van der Waals surface area contributed by atoms with Crippen molar-refractivity contribution in [2.75, 3.05) is 18.5 Å². The molecular formula is C29H27Br2FN4O4. The molecule has 0 saturated heterocycles. The zero-order valence-corrected chi connectivity index (χ0v) is 25.3. The molecule has 40 heavy (non-hydrogen) atoms. The molecular weight excluding hydrogens is 647 g/mol. The zero-order chi connectivity index (χ0) is 28.8. The normalized spacial score (nSPS) is 12.1. The molecule has 0 bridgehead atoms. The van der Waals surface area contributed by atoms with Gasteiger partial charge in [-0.3, -0.25) is 9.59 Å². The lowest BCUT2D eigenvalue weighted by Crippen LogP contribution is -2.23. The van der Waals surface area contributed by atoms with E-state index in [0.29, 0.717) is 50.6 Å². The summed E-state index contributed by atoms with van der Waals surface area (Å²) in [4.78, 5) is 30.5. The van der Waals surface area contributed by atoms with Crippen molar-refractivity contribution in [3.8, 4) is 11.5 Å². The van der Waals surface area contributed by atoms with Crippen LogP contribution in [0.15, 0.2) is 73.4 Å². The third-order valence-electron chi connectivity index (χ3n) is 6.05. The Morgan fingerprint density at radius 1 is 1.10 bits per heavy atom. The summed E-state index contributed by atoms with van der Waals surface area (Å²) in [6, 6.07) is 14.2. The van der Waals surface area contributed by atoms with E-state index in [-0.39, 0.29) is 18.1 Å². The second-order valence-electron chi connectivity index (χ2n) is 8.90. The van der Waals surface area contributed by atoms with Gasteiger partial charge in [0.1, 0.15) is 11.6 Å². The summed E-state index contributed by atoms with van der Waals surface area (Å²) in [5.74, 6) is 0.494. The lowest BCUT2D eigenvalue weighted by atomic mass is 10.1. The highest BCUT2D eigenvalue weighted by molar-refractivity contribution is 9.10. The number of anilines is 1. The van der Waals surface area contributed by atoms with Crippen LogP contribution in [-0.4, -0.2) is 35.0 Å². The highest BCUT2D eigenvalue weighted by Gasteiger charge is 2.17. The molecule has 0 radical (unpaired) electrons. The molecule has 0 aliphatic rings. The van der Waals surface area contributed by atoms with E-state index in [1.165, 1.54) is 28.9 Å². The second kappa shape index (κ2) is 13.2. The minimum absolute atomic E-state index is 0.00263. The average Bonchev–Trinajstić information content (AvgIpc) is 2.94. The molecule has 1 N–H and O–H groups in total. The van der Waals surface area contributed by atoms with Gasteiger partial charge in [-0.05, 0) is 83.9 Å². The number of halogens is 3. The minimum atomic E-state index is -0.414. The van der Waals surface area contributed by atoms with Gasteiger partial charge < -0.3 is 14.8 Å². The first kappa shape index (κ1) is 29.4. The fraction of sp³-hybridized carbons (Fsp3) is 0.241. The highest BCUT2D eigenvalue weighted by atomic mass is 79.9. The number of hydrogen-bond donors (Lipinski definition) is 1. The van der Waals surface area contributed by atoms with E-state index in [9.17, 15) is 14.0 Å². The molecule has 0 aliphatic carbocycles. The van der Waals surface area contributed by atoms with Crippen LogP contribution in [0.1, 0.15) is 44.5 Å². The first-order valence-corrected chi connectivity index (χ1v) is 14.2. The standard InChI is InChI=1S/C29H27Br2FN4O4/c1-4-17(3)28-35-24-11-6-19(30)13-22(24)29(38)36(28)33-15-18-12-25(39-5-2)26(14-23(18)31)40-16-27(37)34-21-9-7-20(32)8-10-21/h6-15,17H,4-5,16H2,1-3H3,(H,34,37). The third-order valence-corrected chi connectivity index (χ3v) is 7.23. The molecule has 1 atom stereocenters. The Bertz CT molecular complexity index is 1620. The highest BCUT2D eigenvalue weighted by Crippen LogP contribution is 2.33. The van der Waals surface area contributed by atoms with Crippen LogP contribution in [0.25, 0.3) is 10.9 Å². The molecule has 1 aromatic heterocycles. The fourth-order valence-corrected chi connectivity index (χ4v) is 4.59. The maximum Gasteiger partial charge on any atom is 0.282 e. The second-order valence-corrected chi connectivity index (χ2v) is 10.7. The van der Waals surface area contributed by atoms with Gasteiger partial charge in [-0.25, -0.2) is 9.37 Å². The largest absolute Gasteiger partial charge is 0.490 e. The molecule has 208 valence electrons. The molecule has 0 fully saturated rings. The van der Waals surface area contributed by atoms with Crippen LogP contribution in [0.2, 0.25) is 0 Å². The number of fused-ring (bicyclic) bond motifs is 1. The van der Waals surface area contributed by atoms with Gasteiger partial charge in [-0.15, -0.1) is 0 Å². The van der Waals surface area contributed by atoms with Crippen molar-refractivity contribution in [1.82, 2.24) is 9.66 Å². The van der Waals surface area contributed by atoms with E-state index in [4.69, 9.17) is 14.5 Å². The van der Waals surface area contributed by atoms with Crippen molar-refractivity contribution in [2.45, 2.75) is 33.1 Å². The fourth-order valence-electron chi connectivity index (χ4n) is 3.80. The van der Waals surface area contributed by atoms with Gasteiger partial charge in [0.15, 0.2) is 18.1 Å². The van der Waals surface area contributed by atoms with Crippen LogP contribution in [0.3, 0.4) is 0 Å². The van der Waals surface area contributed by atoms with Gasteiger partial charge >= 0.3 is 0 Å². The maximum absolute atomic E-state index is 13.4. The SMILES string of the molecule is CCOc1cc(C=Nn2c(C(C)CC)nc3ccc(Br)cc3c2=O)c(Br)cc1OCC(=O)Nc1ccc(F)cc1. The maximum atomic E-state index is 13.4. The van der Waals surface area contributed by atoms with Gasteiger partial charge in [0.25, 0.3) is 11.5 Å². The molecule has 1 heterocycles. The van der Waals surface area contributed by atoms with Gasteiger partial charge in [-0.2, -0.15) is 9.78 Å². The number of carbonyl (C=O) groups is 1. The molecule has 0 saturated carbocycles. The Morgan fingerprint density at radius 3 is 2.52 bits per heavy atom. The molecule has 4 rings (SSSR count). The van der Waals surface area contributed by atoms with Crippen molar-refractivity contribution < 1.29 is 18.7 Å². The van der Waals surface area contributed by atoms with Gasteiger partial charge in [0.05, 0.1) is 23.7 Å². The molecule has 1 amide bonds. The zero-order valence-electron chi connectivity index (χ0n) is 22.1. The van der Waals surface area contributed by atoms with Crippen LogP contribution in [-0.2, 0) is 4.79 Å². The van der Waals surface area contributed by atoms with E-state index in [0.717, 1.165) is 10.9 Å². The third kappa shape index (κ3) is 6.95. The predicted molar refractivity (Wildman–Crippen MR) is 161 cm³/mol. The van der Waals surface area contributed by atoms with Crippen LogP contribution < -0.4 is 20.3 Å². The number of nitrogens with zero attached hydrogens (tertiary/aromatic N) is 3. The molecule has 3 aromatic carbocycles. The summed E-state index contributed by atoms with van der Waals surface area (Å²) >= 11 is 6.95. The first-order valence-electron chi connectivity index (χ1n) is 12.6. The van der Waals surface area contributed by atoms with E-state index in [1.807, 2.05) is 32.9 Å². The molecule has 4 aromatic rings. The average molecular weight is 674 g/mol. The molecule has 8 nitrogen and oxygen atoms in total. The minimum Gasteiger partial charge on any atom is -0.490 e. The number of carbonyl (C=O) groups excluding carboxylic acids is 1. The summed E-state index contributed by atoms with van der Waals surface area (Å²) in [6.07, 6.45) is 2.33. The molecule has 11 heteroatoms.